The van der Waals surface area contributed by atoms with E-state index in [4.69, 9.17) is 0 Å². The number of nitrogens with zero attached hydrogens (tertiary/aromatic N) is 1. The highest BCUT2D eigenvalue weighted by molar-refractivity contribution is 5.79. The molecule has 15 heavy (non-hydrogen) atoms. The predicted molar refractivity (Wildman–Crippen MR) is 49.3 cm³/mol. The number of nitrogens with one attached hydrogen (secondary N) is 1. The van der Waals surface area contributed by atoms with Gasteiger partial charge in [-0.15, -0.1) is 0 Å². The van der Waals surface area contributed by atoms with Gasteiger partial charge in [-0.2, -0.15) is 13.2 Å². The van der Waals surface area contributed by atoms with Gasteiger partial charge in [-0.1, -0.05) is 0 Å². The number of carbonyl (C=O) groups is 1. The lowest BCUT2D eigenvalue weighted by molar-refractivity contribution is -0.184. The molecule has 0 aliphatic carbocycles. The first-order valence-electron chi connectivity index (χ1n) is 4.89. The van der Waals surface area contributed by atoms with Crippen LogP contribution >= 0.6 is 0 Å². The Morgan fingerprint density at radius 1 is 1.53 bits per heavy atom. The molecule has 0 aromatic carbocycles. The molecule has 0 aromatic rings. The number of hydrogen-bond donors (Lipinski definition) is 1. The summed E-state index contributed by atoms with van der Waals surface area (Å²) < 4.78 is 36.8. The summed E-state index contributed by atoms with van der Waals surface area (Å²) in [6.45, 7) is 1.69. The third-order valence-electron chi connectivity index (χ3n) is 2.77. The van der Waals surface area contributed by atoms with Crippen LogP contribution in [0.15, 0.2) is 0 Å². The molecule has 1 aliphatic heterocycles. The van der Waals surface area contributed by atoms with Gasteiger partial charge in [0.1, 0.15) is 5.92 Å². The lowest BCUT2D eigenvalue weighted by Gasteiger charge is -2.22. The van der Waals surface area contributed by atoms with Crippen LogP contribution in [0, 0.1) is 5.92 Å². The molecule has 0 bridgehead atoms. The average Bonchev–Trinajstić information content (AvgIpc) is 2.62. The number of halogens is 3. The van der Waals surface area contributed by atoms with Gasteiger partial charge in [0.05, 0.1) is 0 Å². The molecule has 0 aromatic heterocycles. The minimum absolute atomic E-state index is 0.120. The summed E-state index contributed by atoms with van der Waals surface area (Å²) in [5.41, 5.74) is 0. The first-order chi connectivity index (χ1) is 6.86. The van der Waals surface area contributed by atoms with Gasteiger partial charge in [-0.3, -0.25) is 4.79 Å². The molecule has 1 fully saturated rings. The van der Waals surface area contributed by atoms with Crippen molar-refractivity contribution in [3.63, 3.8) is 0 Å². The highest BCUT2D eigenvalue weighted by Crippen LogP contribution is 2.28. The van der Waals surface area contributed by atoms with Gasteiger partial charge < -0.3 is 10.2 Å². The van der Waals surface area contributed by atoms with E-state index >= 15 is 0 Å². The Morgan fingerprint density at radius 3 is 2.53 bits per heavy atom. The molecule has 0 spiro atoms. The molecule has 1 amide bonds. The number of rotatable bonds is 2. The molecule has 2 atom stereocenters. The topological polar surface area (TPSA) is 32.3 Å². The number of carbonyl (C=O) groups excluding carboxylic acids is 1. The summed E-state index contributed by atoms with van der Waals surface area (Å²) in [6.07, 6.45) is -3.72. The van der Waals surface area contributed by atoms with Crippen molar-refractivity contribution in [1.29, 1.82) is 0 Å². The molecule has 1 aliphatic rings. The van der Waals surface area contributed by atoms with Crippen LogP contribution in [0.5, 0.6) is 0 Å². The summed E-state index contributed by atoms with van der Waals surface area (Å²) in [7, 11) is 1.74. The largest absolute Gasteiger partial charge is 0.400 e. The molecule has 0 saturated carbocycles. The van der Waals surface area contributed by atoms with Gasteiger partial charge >= 0.3 is 6.18 Å². The van der Waals surface area contributed by atoms with E-state index in [0.29, 0.717) is 19.5 Å². The summed E-state index contributed by atoms with van der Waals surface area (Å²) in [5, 5.41) is 2.95. The van der Waals surface area contributed by atoms with Gasteiger partial charge in [0.15, 0.2) is 0 Å². The van der Waals surface area contributed by atoms with Crippen LogP contribution in [0.4, 0.5) is 13.2 Å². The van der Waals surface area contributed by atoms with Crippen LogP contribution < -0.4 is 5.32 Å². The first-order valence-corrected chi connectivity index (χ1v) is 4.89. The zero-order valence-corrected chi connectivity index (χ0v) is 8.77. The number of likely N-dealkylation sites (N-methyl/N-ethyl adjacent to an activating group) is 1. The molecule has 3 nitrogen and oxygen atoms in total. The van der Waals surface area contributed by atoms with Gasteiger partial charge in [-0.05, 0) is 20.4 Å². The second kappa shape index (κ2) is 4.38. The minimum Gasteiger partial charge on any atom is -0.341 e. The Balaban J connectivity index is 2.55. The van der Waals surface area contributed by atoms with E-state index in [0.717, 1.165) is 6.92 Å². The molecule has 6 heteroatoms. The van der Waals surface area contributed by atoms with Crippen LogP contribution in [-0.2, 0) is 4.79 Å². The predicted octanol–water partition coefficient (Wildman–Crippen LogP) is 1.01. The van der Waals surface area contributed by atoms with Crippen LogP contribution in [-0.4, -0.2) is 43.2 Å². The van der Waals surface area contributed by atoms with E-state index in [1.807, 2.05) is 0 Å². The standard InChI is InChI=1S/C9H15F3N2O/c1-6(9(10,11)12)8(15)14-4-3-7(5-14)13-2/h6-7,13H,3-5H2,1-2H3. The van der Waals surface area contributed by atoms with E-state index < -0.39 is 18.0 Å². The van der Waals surface area contributed by atoms with Crippen LogP contribution in [0.25, 0.3) is 0 Å². The third kappa shape index (κ3) is 2.84. The normalized spacial score (nSPS) is 24.3. The quantitative estimate of drug-likeness (QED) is 0.759. The highest BCUT2D eigenvalue weighted by atomic mass is 19.4. The summed E-state index contributed by atoms with van der Waals surface area (Å²) in [4.78, 5) is 12.7. The molecule has 1 saturated heterocycles. The Bertz CT molecular complexity index is 242. The zero-order valence-electron chi connectivity index (χ0n) is 8.77. The second-order valence-corrected chi connectivity index (χ2v) is 3.82. The summed E-state index contributed by atoms with van der Waals surface area (Å²) in [5.74, 6) is -2.71. The van der Waals surface area contributed by atoms with E-state index in [9.17, 15) is 18.0 Å². The van der Waals surface area contributed by atoms with Gasteiger partial charge in [0.25, 0.3) is 0 Å². The van der Waals surface area contributed by atoms with E-state index in [1.165, 1.54) is 4.90 Å². The lowest BCUT2D eigenvalue weighted by atomic mass is 10.1. The fourth-order valence-electron chi connectivity index (χ4n) is 1.61. The highest BCUT2D eigenvalue weighted by Gasteiger charge is 2.44. The van der Waals surface area contributed by atoms with E-state index in [2.05, 4.69) is 5.32 Å². The van der Waals surface area contributed by atoms with Gasteiger partial charge in [0.2, 0.25) is 5.91 Å². The number of hydrogen-bond acceptors (Lipinski definition) is 2. The maximum atomic E-state index is 12.3. The number of likely N-dealkylation sites (tertiary alicyclic amines) is 1. The fourth-order valence-corrected chi connectivity index (χ4v) is 1.61. The Labute approximate surface area is 86.6 Å². The van der Waals surface area contributed by atoms with Gasteiger partial charge in [0, 0.05) is 19.1 Å². The Hall–Kier alpha value is -0.780. The van der Waals surface area contributed by atoms with Crippen LogP contribution in [0.2, 0.25) is 0 Å². The van der Waals surface area contributed by atoms with Crippen LogP contribution in [0.3, 0.4) is 0 Å². The lowest BCUT2D eigenvalue weighted by Crippen LogP contribution is -2.41. The maximum absolute atomic E-state index is 12.3. The third-order valence-corrected chi connectivity index (χ3v) is 2.77. The van der Waals surface area contributed by atoms with Gasteiger partial charge in [-0.25, -0.2) is 0 Å². The van der Waals surface area contributed by atoms with Crippen molar-refractivity contribution >= 4 is 5.91 Å². The fraction of sp³-hybridized carbons (Fsp3) is 0.889. The molecular weight excluding hydrogens is 209 g/mol. The maximum Gasteiger partial charge on any atom is 0.400 e. The summed E-state index contributed by atoms with van der Waals surface area (Å²) in [6, 6.07) is 0.120. The molecule has 0 radical (unpaired) electrons. The summed E-state index contributed by atoms with van der Waals surface area (Å²) >= 11 is 0. The SMILES string of the molecule is CNC1CCN(C(=O)C(C)C(F)(F)F)C1. The van der Waals surface area contributed by atoms with Crippen molar-refractivity contribution in [3.8, 4) is 0 Å². The first kappa shape index (κ1) is 12.3. The average molecular weight is 224 g/mol. The molecule has 1 N–H and O–H groups in total. The molecule has 1 heterocycles. The molecule has 1 rings (SSSR count). The zero-order chi connectivity index (χ0) is 11.6. The van der Waals surface area contributed by atoms with Crippen molar-refractivity contribution < 1.29 is 18.0 Å². The monoisotopic (exact) mass is 224 g/mol. The smallest absolute Gasteiger partial charge is 0.341 e. The Kier molecular flexibility index (Phi) is 3.59. The number of amides is 1. The van der Waals surface area contributed by atoms with Crippen molar-refractivity contribution in [2.75, 3.05) is 20.1 Å². The number of alkyl halides is 3. The van der Waals surface area contributed by atoms with Crippen molar-refractivity contribution in [1.82, 2.24) is 10.2 Å². The van der Waals surface area contributed by atoms with E-state index in [-0.39, 0.29) is 6.04 Å². The Morgan fingerprint density at radius 2 is 2.13 bits per heavy atom. The van der Waals surface area contributed by atoms with Crippen LogP contribution in [0.1, 0.15) is 13.3 Å². The second-order valence-electron chi connectivity index (χ2n) is 3.82. The molecular formula is C9H15F3N2O. The molecule has 88 valence electrons. The molecule has 2 unspecified atom stereocenters. The minimum atomic E-state index is -4.44. The van der Waals surface area contributed by atoms with Crippen molar-refractivity contribution in [2.45, 2.75) is 25.6 Å². The van der Waals surface area contributed by atoms with E-state index in [1.54, 1.807) is 7.05 Å². The van der Waals surface area contributed by atoms with Crippen molar-refractivity contribution in [3.05, 3.63) is 0 Å². The van der Waals surface area contributed by atoms with Crippen molar-refractivity contribution in [2.24, 2.45) is 5.92 Å².